The first-order chi connectivity index (χ1) is 8.04. The van der Waals surface area contributed by atoms with Crippen molar-refractivity contribution in [3.8, 4) is 0 Å². The number of halogens is 1. The zero-order valence-electron chi connectivity index (χ0n) is 10.2. The van der Waals surface area contributed by atoms with Crippen molar-refractivity contribution in [3.63, 3.8) is 0 Å². The van der Waals surface area contributed by atoms with E-state index in [4.69, 9.17) is 5.73 Å². The lowest BCUT2D eigenvalue weighted by Gasteiger charge is -2.20. The van der Waals surface area contributed by atoms with Crippen molar-refractivity contribution in [2.45, 2.75) is 20.3 Å². The molecule has 1 heterocycles. The van der Waals surface area contributed by atoms with Gasteiger partial charge in [0.2, 0.25) is 5.91 Å². The average molecular weight is 297 g/mol. The van der Waals surface area contributed by atoms with E-state index in [0.717, 1.165) is 34.4 Å². The molecule has 3 nitrogen and oxygen atoms in total. The number of rotatable bonds is 2. The summed E-state index contributed by atoms with van der Waals surface area (Å²) in [5, 5.41) is 0.861. The number of hydrogen-bond donors (Lipinski definition) is 1. The van der Waals surface area contributed by atoms with Crippen molar-refractivity contribution < 1.29 is 4.79 Å². The van der Waals surface area contributed by atoms with E-state index in [-0.39, 0.29) is 5.91 Å². The summed E-state index contributed by atoms with van der Waals surface area (Å²) in [7, 11) is 0. The number of alkyl halides is 1. The Kier molecular flexibility index (Phi) is 3.43. The number of nitrogens with two attached hydrogens (primary N) is 1. The van der Waals surface area contributed by atoms with Crippen molar-refractivity contribution in [1.82, 2.24) is 0 Å². The van der Waals surface area contributed by atoms with Crippen LogP contribution in [0.1, 0.15) is 17.5 Å². The monoisotopic (exact) mass is 296 g/mol. The lowest BCUT2D eigenvalue weighted by molar-refractivity contribution is -0.117. The molecule has 2 rings (SSSR count). The molecule has 1 atom stereocenters. The van der Waals surface area contributed by atoms with Gasteiger partial charge in [-0.1, -0.05) is 22.0 Å². The first-order valence-electron chi connectivity index (χ1n) is 5.76. The van der Waals surface area contributed by atoms with Crippen LogP contribution < -0.4 is 10.6 Å². The third-order valence-corrected chi connectivity index (χ3v) is 4.39. The van der Waals surface area contributed by atoms with Crippen LogP contribution >= 0.6 is 15.9 Å². The molecule has 0 spiro atoms. The number of nitrogen functional groups attached to an aromatic ring is 1. The van der Waals surface area contributed by atoms with E-state index < -0.39 is 0 Å². The topological polar surface area (TPSA) is 46.3 Å². The van der Waals surface area contributed by atoms with Crippen LogP contribution in [0.4, 0.5) is 11.4 Å². The maximum atomic E-state index is 11.9. The third-order valence-electron chi connectivity index (χ3n) is 3.48. The van der Waals surface area contributed by atoms with Gasteiger partial charge in [0.05, 0.1) is 11.4 Å². The normalized spacial score (nSPS) is 20.1. The SMILES string of the molecule is Cc1ccc(N2CC(CBr)CC2=O)c(N)c1C. The Bertz CT molecular complexity index is 459. The van der Waals surface area contributed by atoms with Crippen LogP contribution in [0.5, 0.6) is 0 Å². The number of benzene rings is 1. The molecule has 0 bridgehead atoms. The minimum Gasteiger partial charge on any atom is -0.397 e. The summed E-state index contributed by atoms with van der Waals surface area (Å²) < 4.78 is 0. The predicted molar refractivity (Wildman–Crippen MR) is 74.6 cm³/mol. The van der Waals surface area contributed by atoms with E-state index >= 15 is 0 Å². The summed E-state index contributed by atoms with van der Waals surface area (Å²) in [5.74, 6) is 0.563. The summed E-state index contributed by atoms with van der Waals surface area (Å²) in [6.07, 6.45) is 0.609. The highest BCUT2D eigenvalue weighted by atomic mass is 79.9. The number of hydrogen-bond acceptors (Lipinski definition) is 2. The molecule has 1 aromatic rings. The van der Waals surface area contributed by atoms with E-state index in [2.05, 4.69) is 15.9 Å². The number of aryl methyl sites for hydroxylation is 1. The predicted octanol–water partition coefficient (Wildman–Crippen LogP) is 2.63. The Hall–Kier alpha value is -1.03. The lowest BCUT2D eigenvalue weighted by Crippen LogP contribution is -2.26. The second-order valence-electron chi connectivity index (χ2n) is 4.67. The Morgan fingerprint density at radius 3 is 2.76 bits per heavy atom. The van der Waals surface area contributed by atoms with Gasteiger partial charge >= 0.3 is 0 Å². The highest BCUT2D eigenvalue weighted by Gasteiger charge is 2.31. The second-order valence-corrected chi connectivity index (χ2v) is 5.32. The smallest absolute Gasteiger partial charge is 0.227 e. The fraction of sp³-hybridized carbons (Fsp3) is 0.462. The van der Waals surface area contributed by atoms with Crippen LogP contribution in [-0.2, 0) is 4.79 Å². The van der Waals surface area contributed by atoms with Crippen molar-refractivity contribution in [1.29, 1.82) is 0 Å². The van der Waals surface area contributed by atoms with Gasteiger partial charge in [-0.05, 0) is 37.0 Å². The van der Waals surface area contributed by atoms with Gasteiger partial charge in [0.25, 0.3) is 0 Å². The van der Waals surface area contributed by atoms with Gasteiger partial charge in [0.1, 0.15) is 0 Å². The number of nitrogens with zero attached hydrogens (tertiary/aromatic N) is 1. The van der Waals surface area contributed by atoms with Gasteiger partial charge in [-0.2, -0.15) is 0 Å². The van der Waals surface area contributed by atoms with Crippen molar-refractivity contribution in [3.05, 3.63) is 23.3 Å². The maximum Gasteiger partial charge on any atom is 0.227 e. The van der Waals surface area contributed by atoms with Crippen molar-refractivity contribution >= 4 is 33.2 Å². The maximum absolute atomic E-state index is 11.9. The molecule has 2 N–H and O–H groups in total. The van der Waals surface area contributed by atoms with Gasteiger partial charge < -0.3 is 10.6 Å². The van der Waals surface area contributed by atoms with Crippen LogP contribution in [0, 0.1) is 19.8 Å². The summed E-state index contributed by atoms with van der Waals surface area (Å²) in [6.45, 7) is 4.79. The molecule has 1 unspecified atom stereocenters. The standard InChI is InChI=1S/C13H17BrN2O/c1-8-3-4-11(13(15)9(8)2)16-7-10(6-14)5-12(16)17/h3-4,10H,5-7,15H2,1-2H3. The number of amides is 1. The third kappa shape index (κ3) is 2.18. The first-order valence-corrected chi connectivity index (χ1v) is 6.88. The van der Waals surface area contributed by atoms with Crippen LogP contribution in [-0.4, -0.2) is 17.8 Å². The van der Waals surface area contributed by atoms with Crippen LogP contribution in [0.15, 0.2) is 12.1 Å². The highest BCUT2D eigenvalue weighted by molar-refractivity contribution is 9.09. The molecular formula is C13H17BrN2O. The minimum absolute atomic E-state index is 0.171. The van der Waals surface area contributed by atoms with Gasteiger partial charge in [-0.3, -0.25) is 4.79 Å². The number of carbonyl (C=O) groups excluding carboxylic acids is 1. The molecule has 1 saturated heterocycles. The average Bonchev–Trinajstić information content (AvgIpc) is 2.68. The van der Waals surface area contributed by atoms with E-state index in [0.29, 0.717) is 12.3 Å². The molecule has 0 aliphatic carbocycles. The fourth-order valence-electron chi connectivity index (χ4n) is 2.18. The van der Waals surface area contributed by atoms with Gasteiger partial charge in [0.15, 0.2) is 0 Å². The Morgan fingerprint density at radius 1 is 1.47 bits per heavy atom. The van der Waals surface area contributed by atoms with Crippen LogP contribution in [0.3, 0.4) is 0 Å². The van der Waals surface area contributed by atoms with E-state index in [9.17, 15) is 4.79 Å². The largest absolute Gasteiger partial charge is 0.397 e. The van der Waals surface area contributed by atoms with E-state index in [1.165, 1.54) is 0 Å². The Morgan fingerprint density at radius 2 is 2.18 bits per heavy atom. The van der Waals surface area contributed by atoms with E-state index in [1.54, 1.807) is 0 Å². The van der Waals surface area contributed by atoms with Gasteiger partial charge in [-0.15, -0.1) is 0 Å². The van der Waals surface area contributed by atoms with Gasteiger partial charge in [0, 0.05) is 18.3 Å². The molecule has 4 heteroatoms. The molecular weight excluding hydrogens is 280 g/mol. The summed E-state index contributed by atoms with van der Waals surface area (Å²) in [6, 6.07) is 3.97. The van der Waals surface area contributed by atoms with Crippen LogP contribution in [0.2, 0.25) is 0 Å². The Labute approximate surface area is 110 Å². The fourth-order valence-corrected chi connectivity index (χ4v) is 2.61. The molecule has 1 aliphatic heterocycles. The van der Waals surface area contributed by atoms with E-state index in [1.807, 2.05) is 30.9 Å². The molecule has 92 valence electrons. The second kappa shape index (κ2) is 4.69. The molecule has 1 fully saturated rings. The summed E-state index contributed by atoms with van der Waals surface area (Å²) in [4.78, 5) is 13.8. The zero-order valence-corrected chi connectivity index (χ0v) is 11.8. The molecule has 0 saturated carbocycles. The van der Waals surface area contributed by atoms with Crippen molar-refractivity contribution in [2.24, 2.45) is 5.92 Å². The molecule has 1 aliphatic rings. The van der Waals surface area contributed by atoms with Crippen molar-refractivity contribution in [2.75, 3.05) is 22.5 Å². The lowest BCUT2D eigenvalue weighted by atomic mass is 10.1. The number of carbonyl (C=O) groups is 1. The molecule has 17 heavy (non-hydrogen) atoms. The van der Waals surface area contributed by atoms with Gasteiger partial charge in [-0.25, -0.2) is 0 Å². The quantitative estimate of drug-likeness (QED) is 0.674. The molecule has 1 amide bonds. The highest BCUT2D eigenvalue weighted by Crippen LogP contribution is 2.33. The zero-order chi connectivity index (χ0) is 12.6. The minimum atomic E-state index is 0.171. The summed E-state index contributed by atoms with van der Waals surface area (Å²) in [5.41, 5.74) is 9.93. The van der Waals surface area contributed by atoms with Crippen LogP contribution in [0.25, 0.3) is 0 Å². The molecule has 1 aromatic carbocycles. The Balaban J connectivity index is 2.35. The first kappa shape index (κ1) is 12.4. The summed E-state index contributed by atoms with van der Waals surface area (Å²) >= 11 is 3.44. The molecule has 0 aromatic heterocycles. The molecule has 0 radical (unpaired) electrons. The number of anilines is 2.